The summed E-state index contributed by atoms with van der Waals surface area (Å²) in [5.41, 5.74) is 3.79. The Kier molecular flexibility index (Phi) is 10.4. The average Bonchev–Trinajstić information content (AvgIpc) is 3.64. The zero-order chi connectivity index (χ0) is 29.4. The van der Waals surface area contributed by atoms with Gasteiger partial charge in [0, 0.05) is 30.1 Å². The molecule has 5 rings (SSSR count). The van der Waals surface area contributed by atoms with Crippen LogP contribution in [0.4, 0.5) is 13.2 Å². The summed E-state index contributed by atoms with van der Waals surface area (Å²) in [4.78, 5) is 19.6. The van der Waals surface area contributed by atoms with Crippen molar-refractivity contribution >= 4 is 22.9 Å². The number of alkyl halides is 3. The second-order valence-electron chi connectivity index (χ2n) is 9.62. The number of fused-ring (bicyclic) bond motifs is 1. The highest BCUT2D eigenvalue weighted by Crippen LogP contribution is 2.30. The normalized spacial score (nSPS) is 14.8. The van der Waals surface area contributed by atoms with E-state index in [9.17, 15) is 18.0 Å². The Balaban J connectivity index is 0.00000189. The fourth-order valence-corrected chi connectivity index (χ4v) is 5.50. The number of benzene rings is 1. The van der Waals surface area contributed by atoms with E-state index >= 15 is 0 Å². The van der Waals surface area contributed by atoms with E-state index in [1.807, 2.05) is 44.3 Å². The minimum Gasteiger partial charge on any atom is -0.492 e. The van der Waals surface area contributed by atoms with Crippen molar-refractivity contribution in [3.05, 3.63) is 59.2 Å². The molecule has 1 amide bonds. The van der Waals surface area contributed by atoms with Crippen LogP contribution < -0.4 is 10.1 Å². The Morgan fingerprint density at radius 1 is 1.07 bits per heavy atom. The molecule has 41 heavy (non-hydrogen) atoms. The quantitative estimate of drug-likeness (QED) is 0.227. The molecule has 1 unspecified atom stereocenters. The third kappa shape index (κ3) is 7.65. The minimum atomic E-state index is -4.49. The van der Waals surface area contributed by atoms with Gasteiger partial charge in [-0.15, -0.1) is 11.3 Å². The van der Waals surface area contributed by atoms with E-state index in [0.717, 1.165) is 47.8 Å². The number of piperidine rings is 1. The molecule has 11 heteroatoms. The maximum atomic E-state index is 13.0. The molecule has 0 bridgehead atoms. The third-order valence-corrected chi connectivity index (χ3v) is 7.84. The van der Waals surface area contributed by atoms with Crippen LogP contribution >= 0.6 is 11.3 Å². The van der Waals surface area contributed by atoms with Crippen LogP contribution in [0, 0.1) is 0 Å². The molecule has 0 aliphatic carbocycles. The number of carbonyl (C=O) groups is 1. The van der Waals surface area contributed by atoms with Gasteiger partial charge in [0.25, 0.3) is 5.91 Å². The SMILES string of the molecule is CC.CCC(NC(=O)c1cc(-c2cnn3cc(-c4ccc(OCCN5CCCCC5)cc4)cnc23)cs1)C(F)(F)F. The number of hydrogen-bond acceptors (Lipinski definition) is 6. The first-order chi connectivity index (χ1) is 19.8. The second kappa shape index (κ2) is 14.0. The zero-order valence-electron chi connectivity index (χ0n) is 23.6. The Hall–Kier alpha value is -3.44. The van der Waals surface area contributed by atoms with Crippen molar-refractivity contribution in [3.8, 4) is 28.0 Å². The highest BCUT2D eigenvalue weighted by Gasteiger charge is 2.39. The maximum Gasteiger partial charge on any atom is 0.408 e. The molecule has 7 nitrogen and oxygen atoms in total. The predicted molar refractivity (Wildman–Crippen MR) is 156 cm³/mol. The summed E-state index contributed by atoms with van der Waals surface area (Å²) < 4.78 is 46.7. The molecule has 3 aromatic heterocycles. The second-order valence-corrected chi connectivity index (χ2v) is 10.5. The summed E-state index contributed by atoms with van der Waals surface area (Å²) in [7, 11) is 0. The van der Waals surface area contributed by atoms with Gasteiger partial charge in [0.2, 0.25) is 0 Å². The fraction of sp³-hybridized carbons (Fsp3) is 0.433. The van der Waals surface area contributed by atoms with Crippen molar-refractivity contribution in [2.24, 2.45) is 0 Å². The van der Waals surface area contributed by atoms with Crippen molar-refractivity contribution in [2.75, 3.05) is 26.2 Å². The summed E-state index contributed by atoms with van der Waals surface area (Å²) in [6.45, 7) is 9.29. The number of likely N-dealkylation sites (tertiary alicyclic amines) is 1. The molecule has 1 fully saturated rings. The first-order valence-electron chi connectivity index (χ1n) is 14.1. The zero-order valence-corrected chi connectivity index (χ0v) is 24.4. The summed E-state index contributed by atoms with van der Waals surface area (Å²) in [6, 6.07) is 7.55. The van der Waals surface area contributed by atoms with Gasteiger partial charge in [-0.25, -0.2) is 9.50 Å². The maximum absolute atomic E-state index is 13.0. The van der Waals surface area contributed by atoms with Crippen molar-refractivity contribution < 1.29 is 22.7 Å². The average molecular weight is 588 g/mol. The van der Waals surface area contributed by atoms with Gasteiger partial charge in [0.1, 0.15) is 18.4 Å². The Morgan fingerprint density at radius 3 is 2.49 bits per heavy atom. The highest BCUT2D eigenvalue weighted by atomic mass is 32.1. The Bertz CT molecular complexity index is 1410. The number of thiophene rings is 1. The predicted octanol–water partition coefficient (Wildman–Crippen LogP) is 7.09. The summed E-state index contributed by atoms with van der Waals surface area (Å²) in [5, 5.41) is 8.21. The number of nitrogens with zero attached hydrogens (tertiary/aromatic N) is 4. The molecule has 4 aromatic rings. The van der Waals surface area contributed by atoms with E-state index in [1.54, 1.807) is 28.4 Å². The van der Waals surface area contributed by atoms with E-state index in [4.69, 9.17) is 4.74 Å². The van der Waals surface area contributed by atoms with Gasteiger partial charge in [-0.05, 0) is 67.1 Å². The third-order valence-electron chi connectivity index (χ3n) is 6.91. The molecule has 0 spiro atoms. The van der Waals surface area contributed by atoms with Gasteiger partial charge in [-0.2, -0.15) is 18.3 Å². The summed E-state index contributed by atoms with van der Waals surface area (Å²) >= 11 is 1.08. The number of nitrogens with one attached hydrogen (secondary N) is 1. The topological polar surface area (TPSA) is 71.8 Å². The van der Waals surface area contributed by atoms with Gasteiger partial charge in [-0.3, -0.25) is 9.69 Å². The number of aromatic nitrogens is 3. The molecule has 0 radical (unpaired) electrons. The minimum absolute atomic E-state index is 0.196. The van der Waals surface area contributed by atoms with Crippen LogP contribution in [0.15, 0.2) is 54.3 Å². The van der Waals surface area contributed by atoms with Gasteiger partial charge in [0.15, 0.2) is 5.65 Å². The molecule has 1 N–H and O–H groups in total. The molecular weight excluding hydrogens is 551 g/mol. The molecular formula is C30H36F3N5O2S. The number of carbonyl (C=O) groups excluding carboxylic acids is 1. The number of rotatable bonds is 9. The van der Waals surface area contributed by atoms with Gasteiger partial charge >= 0.3 is 6.18 Å². The van der Waals surface area contributed by atoms with E-state index in [1.165, 1.54) is 26.2 Å². The number of hydrogen-bond donors (Lipinski definition) is 1. The Morgan fingerprint density at radius 2 is 1.80 bits per heavy atom. The molecule has 1 aliphatic heterocycles. The van der Waals surface area contributed by atoms with Crippen LogP contribution in [-0.4, -0.2) is 63.9 Å². The van der Waals surface area contributed by atoms with Crippen LogP contribution in [0.2, 0.25) is 0 Å². The van der Waals surface area contributed by atoms with E-state index in [2.05, 4.69) is 20.3 Å². The lowest BCUT2D eigenvalue weighted by Gasteiger charge is -2.26. The molecule has 1 aromatic carbocycles. The monoisotopic (exact) mass is 587 g/mol. The fourth-order valence-electron chi connectivity index (χ4n) is 4.69. The van der Waals surface area contributed by atoms with Crippen molar-refractivity contribution in [1.29, 1.82) is 0 Å². The van der Waals surface area contributed by atoms with Crippen LogP contribution in [0.5, 0.6) is 5.75 Å². The highest BCUT2D eigenvalue weighted by molar-refractivity contribution is 7.12. The van der Waals surface area contributed by atoms with Crippen LogP contribution in [0.3, 0.4) is 0 Å². The van der Waals surface area contributed by atoms with E-state index in [0.29, 0.717) is 23.4 Å². The summed E-state index contributed by atoms with van der Waals surface area (Å²) in [6.07, 6.45) is 4.38. The first kappa shape index (κ1) is 30.5. The van der Waals surface area contributed by atoms with Gasteiger partial charge in [0.05, 0.1) is 11.1 Å². The van der Waals surface area contributed by atoms with Gasteiger partial charge < -0.3 is 10.1 Å². The van der Waals surface area contributed by atoms with Crippen molar-refractivity contribution in [3.63, 3.8) is 0 Å². The van der Waals surface area contributed by atoms with E-state index in [-0.39, 0.29) is 11.3 Å². The van der Waals surface area contributed by atoms with Crippen molar-refractivity contribution in [2.45, 2.75) is 58.7 Å². The Labute approximate surface area is 242 Å². The molecule has 1 aliphatic rings. The lowest BCUT2D eigenvalue weighted by Crippen LogP contribution is -2.44. The summed E-state index contributed by atoms with van der Waals surface area (Å²) in [5.74, 6) is 0.0741. The largest absolute Gasteiger partial charge is 0.492 e. The smallest absolute Gasteiger partial charge is 0.408 e. The molecule has 220 valence electrons. The molecule has 4 heterocycles. The molecule has 1 atom stereocenters. The van der Waals surface area contributed by atoms with Crippen LogP contribution in [-0.2, 0) is 0 Å². The number of amides is 1. The lowest BCUT2D eigenvalue weighted by atomic mass is 10.1. The van der Waals surface area contributed by atoms with E-state index < -0.39 is 18.1 Å². The first-order valence-corrected chi connectivity index (χ1v) is 14.9. The number of halogens is 3. The van der Waals surface area contributed by atoms with Crippen LogP contribution in [0.1, 0.15) is 56.1 Å². The lowest BCUT2D eigenvalue weighted by molar-refractivity contribution is -0.153. The van der Waals surface area contributed by atoms with Gasteiger partial charge in [-0.1, -0.05) is 39.3 Å². The standard InChI is InChI=1S/C28H30F3N5O2S.C2H6/c1-2-25(28(29,30)31)34-27(37)24-14-20(18-39-24)23-16-33-36-17-21(15-32-26(23)36)19-6-8-22(9-7-19)38-13-12-35-10-4-3-5-11-35;1-2/h6-9,14-18,25H,2-5,10-13H2,1H3,(H,34,37);1-2H3. The number of ether oxygens (including phenoxy) is 1. The molecule has 0 saturated carbocycles. The van der Waals surface area contributed by atoms with Crippen molar-refractivity contribution in [1.82, 2.24) is 24.8 Å². The molecule has 1 saturated heterocycles. The van der Waals surface area contributed by atoms with Crippen LogP contribution in [0.25, 0.3) is 27.9 Å².